The van der Waals surface area contributed by atoms with Gasteiger partial charge in [-0.1, -0.05) is 24.9 Å². The van der Waals surface area contributed by atoms with E-state index in [1.165, 1.54) is 6.07 Å². The minimum atomic E-state index is -1.13. The number of nitrogens with zero attached hydrogens (tertiary/aromatic N) is 1. The molecule has 0 spiro atoms. The number of halogens is 1. The molecule has 0 aromatic heterocycles. The van der Waals surface area contributed by atoms with E-state index < -0.39 is 17.2 Å². The molecule has 0 bridgehead atoms. The molecule has 1 N–H and O–H groups in total. The Labute approximate surface area is 125 Å². The molecule has 0 aliphatic heterocycles. The number of hydrogen-bond donors (Lipinski definition) is 1. The summed E-state index contributed by atoms with van der Waals surface area (Å²) >= 11 is 5.77. The van der Waals surface area contributed by atoms with Gasteiger partial charge in [-0.05, 0) is 12.5 Å². The Morgan fingerprint density at radius 2 is 2.14 bits per heavy atom. The van der Waals surface area contributed by atoms with Crippen molar-refractivity contribution >= 4 is 35.2 Å². The molecule has 0 heterocycles. The van der Waals surface area contributed by atoms with E-state index in [0.29, 0.717) is 6.42 Å². The lowest BCUT2D eigenvalue weighted by molar-refractivity contribution is -0.384. The largest absolute Gasteiger partial charge is 0.517 e. The minimum Gasteiger partial charge on any atom is -0.434 e. The van der Waals surface area contributed by atoms with Crippen LogP contribution in [0, 0.1) is 10.1 Å². The summed E-state index contributed by atoms with van der Waals surface area (Å²) < 4.78 is 8.96. The van der Waals surface area contributed by atoms with Crippen molar-refractivity contribution in [3.63, 3.8) is 0 Å². The van der Waals surface area contributed by atoms with Crippen molar-refractivity contribution in [3.05, 3.63) is 33.3 Å². The van der Waals surface area contributed by atoms with Gasteiger partial charge in [-0.3, -0.25) is 15.4 Å². The van der Waals surface area contributed by atoms with E-state index >= 15 is 0 Å². The van der Waals surface area contributed by atoms with Gasteiger partial charge in [0, 0.05) is 12.1 Å². The molecule has 1 amide bonds. The van der Waals surface area contributed by atoms with Crippen molar-refractivity contribution in [1.82, 2.24) is 0 Å². The van der Waals surface area contributed by atoms with Gasteiger partial charge in [-0.15, -0.1) is 0 Å². The van der Waals surface area contributed by atoms with Gasteiger partial charge in [0.25, 0.3) is 5.69 Å². The third-order valence-electron chi connectivity index (χ3n) is 2.29. The second-order valence-electron chi connectivity index (χ2n) is 3.89. The van der Waals surface area contributed by atoms with E-state index in [1.807, 2.05) is 6.92 Å². The van der Waals surface area contributed by atoms with E-state index in [-0.39, 0.29) is 23.0 Å². The average Bonchev–Trinajstić information content (AvgIpc) is 2.41. The molecule has 0 saturated carbocycles. The summed E-state index contributed by atoms with van der Waals surface area (Å²) in [5, 5.41) is 12.7. The first-order valence-electron chi connectivity index (χ1n) is 6.03. The Morgan fingerprint density at radius 3 is 2.71 bits per heavy atom. The smallest absolute Gasteiger partial charge is 0.434 e. The van der Waals surface area contributed by atoms with E-state index in [0.717, 1.165) is 18.6 Å². The number of carbonyl (C=O) groups is 2. The van der Waals surface area contributed by atoms with Crippen LogP contribution in [0.15, 0.2) is 18.2 Å². The van der Waals surface area contributed by atoms with Crippen molar-refractivity contribution in [2.24, 2.45) is 0 Å². The molecule has 0 saturated heterocycles. The number of carbonyl (C=O) groups excluding carboxylic acids is 2. The molecule has 0 atom stereocenters. The maximum Gasteiger partial charge on any atom is 0.517 e. The normalized spacial score (nSPS) is 9.81. The van der Waals surface area contributed by atoms with Crippen LogP contribution in [0.3, 0.4) is 0 Å². The summed E-state index contributed by atoms with van der Waals surface area (Å²) in [7, 11) is 0. The van der Waals surface area contributed by atoms with Crippen LogP contribution in [0.5, 0.6) is 0 Å². The Balaban J connectivity index is 2.55. The molecule has 0 fully saturated rings. The fraction of sp³-hybridized carbons (Fsp3) is 0.333. The number of hydrogen-bond acceptors (Lipinski definition) is 6. The Hall–Kier alpha value is -2.35. The number of benzene rings is 1. The van der Waals surface area contributed by atoms with Crippen molar-refractivity contribution in [1.29, 1.82) is 0 Å². The Bertz CT molecular complexity index is 549. The number of nitro groups is 1. The maximum atomic E-state index is 11.4. The number of unbranched alkanes of at least 4 members (excludes halogenated alkanes) is 1. The molecule has 114 valence electrons. The third kappa shape index (κ3) is 5.65. The van der Waals surface area contributed by atoms with Crippen LogP contribution < -0.4 is 5.32 Å². The highest BCUT2D eigenvalue weighted by Gasteiger charge is 2.15. The second-order valence-corrected chi connectivity index (χ2v) is 4.29. The van der Waals surface area contributed by atoms with Crippen LogP contribution in [-0.4, -0.2) is 23.8 Å². The summed E-state index contributed by atoms with van der Waals surface area (Å²) in [6, 6.07) is 3.45. The molecule has 21 heavy (non-hydrogen) atoms. The van der Waals surface area contributed by atoms with Gasteiger partial charge in [0.1, 0.15) is 0 Å². The predicted octanol–water partition coefficient (Wildman–Crippen LogP) is 3.73. The molecule has 0 aliphatic rings. The molecule has 1 aromatic rings. The topological polar surface area (TPSA) is 108 Å². The fourth-order valence-electron chi connectivity index (χ4n) is 1.26. The molecule has 0 aliphatic carbocycles. The SMILES string of the molecule is CCCCOC(=O)OC(=O)Nc1ccc([N+](=O)[O-])cc1Cl. The quantitative estimate of drug-likeness (QED) is 0.291. The standard InChI is InChI=1S/C12H13ClN2O6/c1-2-3-6-20-12(17)21-11(16)14-10-5-4-8(15(18)19)7-9(10)13/h4-5,7H,2-3,6H2,1H3,(H,14,16). The Morgan fingerprint density at radius 1 is 1.43 bits per heavy atom. The van der Waals surface area contributed by atoms with E-state index in [9.17, 15) is 19.7 Å². The highest BCUT2D eigenvalue weighted by atomic mass is 35.5. The first-order chi connectivity index (χ1) is 9.93. The summed E-state index contributed by atoms with van der Waals surface area (Å²) in [6.07, 6.45) is -0.728. The number of anilines is 1. The molecule has 8 nitrogen and oxygen atoms in total. The van der Waals surface area contributed by atoms with Crippen LogP contribution in [0.1, 0.15) is 19.8 Å². The van der Waals surface area contributed by atoms with Crippen LogP contribution in [0.2, 0.25) is 5.02 Å². The number of amides is 1. The van der Waals surface area contributed by atoms with Gasteiger partial charge in [0.15, 0.2) is 0 Å². The summed E-state index contributed by atoms with van der Waals surface area (Å²) in [6.45, 7) is 2.07. The van der Waals surface area contributed by atoms with Crippen LogP contribution in [0.4, 0.5) is 21.0 Å². The van der Waals surface area contributed by atoms with Crippen LogP contribution in [0.25, 0.3) is 0 Å². The van der Waals surface area contributed by atoms with Gasteiger partial charge < -0.3 is 9.47 Å². The molecule has 1 aromatic carbocycles. The summed E-state index contributed by atoms with van der Waals surface area (Å²) in [4.78, 5) is 32.4. The number of rotatable bonds is 5. The van der Waals surface area contributed by atoms with Crippen molar-refractivity contribution in [2.45, 2.75) is 19.8 Å². The highest BCUT2D eigenvalue weighted by molar-refractivity contribution is 6.33. The zero-order valence-electron chi connectivity index (χ0n) is 11.1. The van der Waals surface area contributed by atoms with Gasteiger partial charge in [0.2, 0.25) is 0 Å². The lowest BCUT2D eigenvalue weighted by atomic mass is 10.3. The highest BCUT2D eigenvalue weighted by Crippen LogP contribution is 2.26. The van der Waals surface area contributed by atoms with Crippen molar-refractivity contribution in [3.8, 4) is 0 Å². The number of non-ortho nitro benzene ring substituents is 1. The average molecular weight is 317 g/mol. The van der Waals surface area contributed by atoms with E-state index in [1.54, 1.807) is 0 Å². The van der Waals surface area contributed by atoms with Gasteiger partial charge in [0.05, 0.1) is 22.2 Å². The van der Waals surface area contributed by atoms with Crippen molar-refractivity contribution in [2.75, 3.05) is 11.9 Å². The monoisotopic (exact) mass is 316 g/mol. The fourth-order valence-corrected chi connectivity index (χ4v) is 1.48. The van der Waals surface area contributed by atoms with Crippen LogP contribution >= 0.6 is 11.6 Å². The Kier molecular flexibility index (Phi) is 6.41. The summed E-state index contributed by atoms with van der Waals surface area (Å²) in [5.74, 6) is 0. The molecular formula is C12H13ClN2O6. The first kappa shape index (κ1) is 16.7. The minimum absolute atomic E-state index is 0.0551. The number of nitrogens with one attached hydrogen (secondary N) is 1. The van der Waals surface area contributed by atoms with E-state index in [4.69, 9.17) is 11.6 Å². The summed E-state index contributed by atoms with van der Waals surface area (Å²) in [5.41, 5.74) is -0.147. The zero-order chi connectivity index (χ0) is 15.8. The number of ether oxygens (including phenoxy) is 2. The lowest BCUT2D eigenvalue weighted by Crippen LogP contribution is -2.19. The zero-order valence-corrected chi connectivity index (χ0v) is 11.9. The van der Waals surface area contributed by atoms with Crippen molar-refractivity contribution < 1.29 is 24.0 Å². The second kappa shape index (κ2) is 8.05. The lowest BCUT2D eigenvalue weighted by Gasteiger charge is -2.07. The maximum absolute atomic E-state index is 11.4. The molecule has 9 heteroatoms. The molecule has 0 radical (unpaired) electrons. The molecule has 1 rings (SSSR count). The third-order valence-corrected chi connectivity index (χ3v) is 2.61. The van der Waals surface area contributed by atoms with Crippen LogP contribution in [-0.2, 0) is 9.47 Å². The van der Waals surface area contributed by atoms with Gasteiger partial charge in [-0.2, -0.15) is 0 Å². The molecule has 0 unspecified atom stereocenters. The van der Waals surface area contributed by atoms with Gasteiger partial charge in [-0.25, -0.2) is 9.59 Å². The predicted molar refractivity (Wildman–Crippen MR) is 74.5 cm³/mol. The molecular weight excluding hydrogens is 304 g/mol. The number of nitro benzene ring substituents is 1. The first-order valence-corrected chi connectivity index (χ1v) is 6.41. The van der Waals surface area contributed by atoms with E-state index in [2.05, 4.69) is 14.8 Å². The van der Waals surface area contributed by atoms with Gasteiger partial charge >= 0.3 is 12.2 Å².